The van der Waals surface area contributed by atoms with E-state index in [0.717, 1.165) is 19.3 Å². The molecule has 6 heteroatoms. The van der Waals surface area contributed by atoms with Crippen LogP contribution in [0.15, 0.2) is 9.16 Å². The van der Waals surface area contributed by atoms with E-state index >= 15 is 0 Å². The van der Waals surface area contributed by atoms with Gasteiger partial charge in [0.1, 0.15) is 0 Å². The Morgan fingerprint density at radius 1 is 1.13 bits per heavy atom. The molecular weight excluding hydrogens is 487 g/mol. The molecule has 3 atom stereocenters. The second-order valence-electron chi connectivity index (χ2n) is 11.9. The fraction of sp³-hybridized carbons (Fsp3) is 0.833. The van der Waals surface area contributed by atoms with Gasteiger partial charge in [0.25, 0.3) is 0 Å². The van der Waals surface area contributed by atoms with Gasteiger partial charge >= 0.3 is 185 Å². The fourth-order valence-electron chi connectivity index (χ4n) is 6.51. The molecule has 3 fully saturated rings. The van der Waals surface area contributed by atoms with E-state index in [4.69, 9.17) is 14.2 Å². The first-order valence-electron chi connectivity index (χ1n) is 11.5. The molecule has 1 aliphatic heterocycles. The Hall–Kier alpha value is -0.401. The van der Waals surface area contributed by atoms with Gasteiger partial charge in [-0.05, 0) is 0 Å². The molecule has 0 bridgehead atoms. The number of ether oxygens (including phenoxy) is 3. The average molecular weight is 525 g/mol. The zero-order chi connectivity index (χ0) is 21.9. The van der Waals surface area contributed by atoms with Gasteiger partial charge < -0.3 is 0 Å². The Kier molecular flexibility index (Phi) is 5.76. The summed E-state index contributed by atoms with van der Waals surface area (Å²) in [6.45, 7) is 5.59. The summed E-state index contributed by atoms with van der Waals surface area (Å²) in [5, 5.41) is 0. The van der Waals surface area contributed by atoms with Crippen molar-refractivity contribution in [3.63, 3.8) is 0 Å². The second-order valence-corrected chi connectivity index (χ2v) is 26.4. The summed E-state index contributed by atoms with van der Waals surface area (Å²) >= 11 is -2.27. The van der Waals surface area contributed by atoms with Crippen molar-refractivity contribution in [2.24, 2.45) is 22.7 Å². The molecule has 1 spiro atoms. The van der Waals surface area contributed by atoms with Gasteiger partial charge in [0, 0.05) is 0 Å². The summed E-state index contributed by atoms with van der Waals surface area (Å²) in [6.07, 6.45) is 5.67. The number of methoxy groups -OCH3 is 1. The van der Waals surface area contributed by atoms with Crippen LogP contribution in [0.2, 0.25) is 14.8 Å². The van der Waals surface area contributed by atoms with Crippen LogP contribution < -0.4 is 0 Å². The molecule has 4 rings (SSSR count). The molecule has 0 radical (unpaired) electrons. The number of fused-ring (bicyclic) bond motifs is 1. The number of allylic oxidation sites excluding steroid dienone is 2. The van der Waals surface area contributed by atoms with Crippen LogP contribution in [0.4, 0.5) is 0 Å². The van der Waals surface area contributed by atoms with Gasteiger partial charge in [-0.2, -0.15) is 0 Å². The van der Waals surface area contributed by atoms with Crippen LogP contribution in [0.1, 0.15) is 58.8 Å². The third kappa shape index (κ3) is 3.70. The molecule has 1 saturated heterocycles. The number of hydrogen-bond acceptors (Lipinski definition) is 5. The topological polar surface area (TPSA) is 61.8 Å². The average Bonchev–Trinajstić information content (AvgIpc) is 3.32. The second kappa shape index (κ2) is 7.58. The van der Waals surface area contributed by atoms with Crippen LogP contribution >= 0.6 is 0 Å². The maximum atomic E-state index is 13.4. The number of carbonyl (C=O) groups excluding carboxylic acids is 2. The molecule has 0 aromatic rings. The number of rotatable bonds is 4. The van der Waals surface area contributed by atoms with Gasteiger partial charge in [-0.3, -0.25) is 0 Å². The summed E-state index contributed by atoms with van der Waals surface area (Å²) < 4.78 is 19.5. The first-order chi connectivity index (χ1) is 13.9. The number of esters is 1. The molecule has 3 aliphatic carbocycles. The van der Waals surface area contributed by atoms with Crippen LogP contribution in [-0.2, 0) is 23.8 Å². The number of carbonyl (C=O) groups is 2. The van der Waals surface area contributed by atoms with E-state index < -0.39 is 29.6 Å². The molecule has 0 unspecified atom stereocenters. The van der Waals surface area contributed by atoms with Gasteiger partial charge in [0.15, 0.2) is 0 Å². The summed E-state index contributed by atoms with van der Waals surface area (Å²) in [6, 6.07) is 0. The third-order valence-corrected chi connectivity index (χ3v) is 14.9. The van der Waals surface area contributed by atoms with Gasteiger partial charge in [-0.15, -0.1) is 0 Å². The Labute approximate surface area is 185 Å². The maximum absolute atomic E-state index is 13.4. The van der Waals surface area contributed by atoms with Crippen molar-refractivity contribution in [3.05, 3.63) is 9.16 Å². The van der Waals surface area contributed by atoms with Crippen LogP contribution in [-0.4, -0.2) is 56.2 Å². The van der Waals surface area contributed by atoms with Crippen molar-refractivity contribution in [2.75, 3.05) is 20.3 Å². The zero-order valence-electron chi connectivity index (χ0n) is 19.6. The van der Waals surface area contributed by atoms with Gasteiger partial charge in [-0.25, -0.2) is 0 Å². The summed E-state index contributed by atoms with van der Waals surface area (Å²) in [5.41, 5.74) is 0.344. The molecule has 2 saturated carbocycles. The van der Waals surface area contributed by atoms with E-state index in [2.05, 4.69) is 28.7 Å². The fourth-order valence-corrected chi connectivity index (χ4v) is 12.8. The Bertz CT molecular complexity index is 757. The van der Waals surface area contributed by atoms with Gasteiger partial charge in [-0.1, -0.05) is 0 Å². The first kappa shape index (κ1) is 22.8. The Morgan fingerprint density at radius 2 is 1.80 bits per heavy atom. The van der Waals surface area contributed by atoms with E-state index in [9.17, 15) is 9.59 Å². The monoisotopic (exact) mass is 526 g/mol. The normalized spacial score (nSPS) is 35.2. The number of ketones is 1. The van der Waals surface area contributed by atoms with Crippen LogP contribution in [0.25, 0.3) is 0 Å². The van der Waals surface area contributed by atoms with Crippen molar-refractivity contribution >= 4 is 30.1 Å². The third-order valence-electron chi connectivity index (χ3n) is 7.98. The van der Waals surface area contributed by atoms with E-state index in [-0.39, 0.29) is 29.0 Å². The van der Waals surface area contributed by atoms with Crippen LogP contribution in [0.5, 0.6) is 0 Å². The number of hydrogen-bond donors (Lipinski definition) is 0. The van der Waals surface area contributed by atoms with Crippen molar-refractivity contribution in [1.82, 2.24) is 0 Å². The molecule has 1 heterocycles. The molecule has 5 nitrogen and oxygen atoms in total. The molecule has 0 amide bonds. The predicted molar refractivity (Wildman–Crippen MR) is 118 cm³/mol. The molecule has 0 aromatic carbocycles. The van der Waals surface area contributed by atoms with E-state index in [1.54, 1.807) is 3.59 Å². The van der Waals surface area contributed by atoms with Crippen LogP contribution in [0, 0.1) is 22.7 Å². The van der Waals surface area contributed by atoms with Gasteiger partial charge in [0.05, 0.1) is 0 Å². The molecule has 30 heavy (non-hydrogen) atoms. The molecule has 0 aromatic heterocycles. The van der Waals surface area contributed by atoms with E-state index in [1.165, 1.54) is 12.7 Å². The Morgan fingerprint density at radius 3 is 2.40 bits per heavy atom. The summed E-state index contributed by atoms with van der Waals surface area (Å²) in [4.78, 5) is 34.0. The minimum absolute atomic E-state index is 0.00146. The van der Waals surface area contributed by atoms with Crippen molar-refractivity contribution < 1.29 is 23.8 Å². The molecular formula is C24H38O5Sn. The zero-order valence-corrected chi connectivity index (χ0v) is 22.4. The van der Waals surface area contributed by atoms with E-state index in [1.807, 2.05) is 0 Å². The first-order valence-corrected chi connectivity index (χ1v) is 21.5. The van der Waals surface area contributed by atoms with Crippen LogP contribution in [0.3, 0.4) is 0 Å². The summed E-state index contributed by atoms with van der Waals surface area (Å²) in [7, 11) is 1.43. The van der Waals surface area contributed by atoms with E-state index in [0.29, 0.717) is 38.9 Å². The standard InChI is InChI=1S/C21H29O5.3CH3.Sn/c1-19(2)12-25-20(26-13-19)10-15-8-17(22)21(16(15)11-20,18(23)24-3)9-14-6-4-5-7-14;;;;/h15-16H,4-6,8-13H2,1-3H3;3*1H3;/t15-,16+,21-;;;;/m1..../s1. The predicted octanol–water partition coefficient (Wildman–Crippen LogP) is 4.66. The summed E-state index contributed by atoms with van der Waals surface area (Å²) in [5.74, 6) is -0.806. The molecule has 0 N–H and O–H groups in total. The molecule has 4 aliphatic rings. The van der Waals surface area contributed by atoms with Crippen molar-refractivity contribution in [2.45, 2.75) is 79.4 Å². The molecule has 168 valence electrons. The quantitative estimate of drug-likeness (QED) is 0.304. The Balaban J connectivity index is 1.68. The minimum atomic E-state index is -2.27. The van der Waals surface area contributed by atoms with Gasteiger partial charge in [0.2, 0.25) is 0 Å². The van der Waals surface area contributed by atoms with Crippen molar-refractivity contribution in [3.8, 4) is 0 Å². The van der Waals surface area contributed by atoms with Crippen molar-refractivity contribution in [1.29, 1.82) is 0 Å². The number of Topliss-reactive ketones (excluding diaryl/α,β-unsaturated/α-hetero) is 1. The SMILES string of the molecule is COC(=O)[C@@]1(CC2=[C]([Sn]([CH3])([CH3])[CH3])CCC2)C(=O)C[C@@H]2CC3(C[C@@H]21)OCC(C)(C)CO3.